The van der Waals surface area contributed by atoms with Crippen LogP contribution in [0.4, 0.5) is 0 Å². The van der Waals surface area contributed by atoms with Gasteiger partial charge >= 0.3 is 5.97 Å². The zero-order valence-corrected chi connectivity index (χ0v) is 12.8. The molecule has 0 aliphatic heterocycles. The van der Waals surface area contributed by atoms with Gasteiger partial charge in [0, 0.05) is 27.7 Å². The predicted molar refractivity (Wildman–Crippen MR) is 42.9 cm³/mol. The first kappa shape index (κ1) is 11.6. The van der Waals surface area contributed by atoms with Crippen molar-refractivity contribution >= 4 is 5.97 Å². The Kier molecular flexibility index (Phi) is 4.46. The molecule has 1 aromatic carbocycles. The van der Waals surface area contributed by atoms with Crippen LogP contribution in [-0.2, 0) is 27.7 Å². The van der Waals surface area contributed by atoms with E-state index in [2.05, 4.69) is 0 Å². The van der Waals surface area contributed by atoms with Gasteiger partial charge in [0.05, 0.1) is 5.56 Å². The minimum absolute atomic E-state index is 0. The molecule has 12 heavy (non-hydrogen) atoms. The number of carboxylic acid groups (broad SMARTS) is 1. The molecule has 0 aliphatic rings. The summed E-state index contributed by atoms with van der Waals surface area (Å²) < 4.78 is 0. The van der Waals surface area contributed by atoms with Gasteiger partial charge in [-0.25, -0.2) is 4.79 Å². The Bertz CT molecular complexity index is 274. The molecule has 0 unspecified atom stereocenters. The van der Waals surface area contributed by atoms with Gasteiger partial charge in [0.2, 0.25) is 0 Å². The van der Waals surface area contributed by atoms with Crippen molar-refractivity contribution < 1.29 is 37.6 Å². The Morgan fingerprint density at radius 1 is 1.25 bits per heavy atom. The molecule has 0 bridgehead atoms. The van der Waals surface area contributed by atoms with Crippen LogP contribution in [0.25, 0.3) is 0 Å². The number of carbonyl (C=O) groups is 1. The molecule has 0 radical (unpaired) electrons. The van der Waals surface area contributed by atoms with Crippen LogP contribution < -0.4 is 0 Å². The number of hydrogen-bond donors (Lipinski definition) is 1. The second-order valence-electron chi connectivity index (χ2n) is 2.57. The van der Waals surface area contributed by atoms with Crippen molar-refractivity contribution in [1.82, 2.24) is 0 Å². The average molecular weight is 351 g/mol. The van der Waals surface area contributed by atoms with Crippen LogP contribution >= 0.6 is 0 Å². The molecule has 1 aromatic rings. The Labute approximate surface area is 92.1 Å². The normalized spacial score (nSPS) is 8.83. The van der Waals surface area contributed by atoms with Gasteiger partial charge in [-0.05, 0) is 25.0 Å². The van der Waals surface area contributed by atoms with E-state index in [1.165, 1.54) is 0 Å². The van der Waals surface area contributed by atoms with E-state index in [1.807, 2.05) is 6.07 Å². The second-order valence-corrected chi connectivity index (χ2v) is 2.57. The van der Waals surface area contributed by atoms with Crippen LogP contribution in [-0.4, -0.2) is 11.1 Å². The SMILES string of the molecule is Cc1cccc(C)c1C(=O)O.[Hg]. The van der Waals surface area contributed by atoms with Crippen molar-refractivity contribution in [3.05, 3.63) is 34.9 Å². The fourth-order valence-corrected chi connectivity index (χ4v) is 1.15. The van der Waals surface area contributed by atoms with Gasteiger partial charge in [-0.2, -0.15) is 0 Å². The number of aryl methyl sites for hydroxylation is 2. The zero-order valence-electron chi connectivity index (χ0n) is 7.29. The van der Waals surface area contributed by atoms with E-state index in [-0.39, 0.29) is 27.7 Å². The van der Waals surface area contributed by atoms with Gasteiger partial charge in [-0.1, -0.05) is 18.2 Å². The maximum atomic E-state index is 10.6. The quantitative estimate of drug-likeness (QED) is 0.787. The summed E-state index contributed by atoms with van der Waals surface area (Å²) in [5.74, 6) is -0.847. The molecular weight excluding hydrogens is 341 g/mol. The Morgan fingerprint density at radius 3 is 1.92 bits per heavy atom. The van der Waals surface area contributed by atoms with Crippen molar-refractivity contribution in [3.8, 4) is 0 Å². The third kappa shape index (κ3) is 2.30. The summed E-state index contributed by atoms with van der Waals surface area (Å²) in [5, 5.41) is 8.75. The summed E-state index contributed by atoms with van der Waals surface area (Å²) in [4.78, 5) is 10.6. The van der Waals surface area contributed by atoms with Gasteiger partial charge in [-0.15, -0.1) is 0 Å². The molecule has 2 nitrogen and oxygen atoms in total. The zero-order chi connectivity index (χ0) is 8.43. The van der Waals surface area contributed by atoms with E-state index < -0.39 is 5.97 Å². The molecule has 1 rings (SSSR count). The largest absolute Gasteiger partial charge is 0.478 e. The first-order valence-corrected chi connectivity index (χ1v) is 3.42. The van der Waals surface area contributed by atoms with Gasteiger partial charge in [0.15, 0.2) is 0 Å². The molecule has 3 heteroatoms. The van der Waals surface area contributed by atoms with Crippen molar-refractivity contribution in [2.45, 2.75) is 13.8 Å². The first-order valence-electron chi connectivity index (χ1n) is 3.42. The third-order valence-corrected chi connectivity index (χ3v) is 1.69. The summed E-state index contributed by atoms with van der Waals surface area (Å²) >= 11 is 0. The Hall–Kier alpha value is -0.375. The predicted octanol–water partition coefficient (Wildman–Crippen LogP) is 2.00. The van der Waals surface area contributed by atoms with Crippen molar-refractivity contribution in [2.75, 3.05) is 0 Å². The first-order chi connectivity index (χ1) is 5.13. The van der Waals surface area contributed by atoms with Crippen LogP contribution in [0.2, 0.25) is 0 Å². The van der Waals surface area contributed by atoms with Crippen LogP contribution in [0, 0.1) is 13.8 Å². The van der Waals surface area contributed by atoms with E-state index in [9.17, 15) is 4.79 Å². The third-order valence-electron chi connectivity index (χ3n) is 1.69. The van der Waals surface area contributed by atoms with Gasteiger partial charge in [-0.3, -0.25) is 0 Å². The Balaban J connectivity index is 0.00000121. The summed E-state index contributed by atoms with van der Waals surface area (Å²) in [6.45, 7) is 3.60. The van der Waals surface area contributed by atoms with Crippen LogP contribution in [0.1, 0.15) is 21.5 Å². The molecule has 0 aliphatic carbocycles. The van der Waals surface area contributed by atoms with Gasteiger partial charge in [0.1, 0.15) is 0 Å². The standard InChI is InChI=1S/C9H10O2.Hg/c1-6-4-3-5-7(2)8(6)9(10)11;/h3-5H,1-2H3,(H,10,11);. The van der Waals surface area contributed by atoms with Gasteiger partial charge < -0.3 is 5.11 Å². The molecule has 0 aromatic heterocycles. The minimum Gasteiger partial charge on any atom is -0.478 e. The average Bonchev–Trinajstić information content (AvgIpc) is 1.85. The van der Waals surface area contributed by atoms with Gasteiger partial charge in [0.25, 0.3) is 0 Å². The van der Waals surface area contributed by atoms with E-state index in [1.54, 1.807) is 26.0 Å². The summed E-state index contributed by atoms with van der Waals surface area (Å²) in [6, 6.07) is 5.46. The number of hydrogen-bond acceptors (Lipinski definition) is 1. The van der Waals surface area contributed by atoms with E-state index in [4.69, 9.17) is 5.11 Å². The minimum atomic E-state index is -0.847. The van der Waals surface area contributed by atoms with Crippen LogP contribution in [0.5, 0.6) is 0 Å². The molecule has 0 atom stereocenters. The van der Waals surface area contributed by atoms with E-state index >= 15 is 0 Å². The van der Waals surface area contributed by atoms with E-state index in [0.717, 1.165) is 11.1 Å². The van der Waals surface area contributed by atoms with Crippen LogP contribution in [0.3, 0.4) is 0 Å². The van der Waals surface area contributed by atoms with Crippen molar-refractivity contribution in [1.29, 1.82) is 0 Å². The summed E-state index contributed by atoms with van der Waals surface area (Å²) in [5.41, 5.74) is 2.06. The fraction of sp³-hybridized carbons (Fsp3) is 0.222. The molecule has 60 valence electrons. The second kappa shape index (κ2) is 4.60. The fourth-order valence-electron chi connectivity index (χ4n) is 1.15. The molecule has 0 amide bonds. The number of rotatable bonds is 1. The van der Waals surface area contributed by atoms with Crippen molar-refractivity contribution in [3.63, 3.8) is 0 Å². The molecule has 1 N–H and O–H groups in total. The smallest absolute Gasteiger partial charge is 0.336 e. The molecular formula is C9H10HgO2. The molecule has 0 heterocycles. The maximum Gasteiger partial charge on any atom is 0.336 e. The molecule has 0 saturated heterocycles. The van der Waals surface area contributed by atoms with Crippen LogP contribution in [0.15, 0.2) is 18.2 Å². The summed E-state index contributed by atoms with van der Waals surface area (Å²) in [7, 11) is 0. The van der Waals surface area contributed by atoms with Crippen molar-refractivity contribution in [2.24, 2.45) is 0 Å². The monoisotopic (exact) mass is 352 g/mol. The number of carboxylic acids is 1. The molecule has 0 spiro atoms. The Morgan fingerprint density at radius 2 is 1.67 bits per heavy atom. The van der Waals surface area contributed by atoms with E-state index in [0.29, 0.717) is 5.56 Å². The number of benzene rings is 1. The summed E-state index contributed by atoms with van der Waals surface area (Å²) in [6.07, 6.45) is 0. The maximum absolute atomic E-state index is 10.6. The molecule has 0 saturated carbocycles. The topological polar surface area (TPSA) is 37.3 Å². The molecule has 0 fully saturated rings. The number of aromatic carboxylic acids is 1.